The zero-order valence-electron chi connectivity index (χ0n) is 10.9. The molecule has 0 atom stereocenters. The highest BCUT2D eigenvalue weighted by molar-refractivity contribution is 9.10. The molecule has 1 amide bonds. The first-order chi connectivity index (χ1) is 10.1. The zero-order chi connectivity index (χ0) is 15.2. The molecule has 0 aromatic heterocycles. The molecule has 0 fully saturated rings. The molecule has 0 bridgehead atoms. The molecular weight excluding hydrogens is 340 g/mol. The number of hydrogen-bond acceptors (Lipinski definition) is 1. The Morgan fingerprint density at radius 3 is 2.67 bits per heavy atom. The zero-order valence-corrected chi connectivity index (χ0v) is 12.5. The fourth-order valence-electron chi connectivity index (χ4n) is 1.69. The fourth-order valence-corrected chi connectivity index (χ4v) is 2.07. The van der Waals surface area contributed by atoms with Crippen LogP contribution in [-0.4, -0.2) is 5.91 Å². The first kappa shape index (κ1) is 15.4. The molecule has 5 heteroatoms. The predicted molar refractivity (Wildman–Crippen MR) is 81.4 cm³/mol. The van der Waals surface area contributed by atoms with Gasteiger partial charge < -0.3 is 5.32 Å². The van der Waals surface area contributed by atoms with Gasteiger partial charge in [-0.25, -0.2) is 8.78 Å². The molecule has 0 spiro atoms. The Balaban J connectivity index is 1.97. The minimum absolute atomic E-state index is 0.0802. The van der Waals surface area contributed by atoms with Crippen molar-refractivity contribution in [1.82, 2.24) is 5.32 Å². The second kappa shape index (κ2) is 7.13. The van der Waals surface area contributed by atoms with Gasteiger partial charge in [0.25, 0.3) is 0 Å². The summed E-state index contributed by atoms with van der Waals surface area (Å²) in [5, 5.41) is 2.54. The van der Waals surface area contributed by atoms with Crippen LogP contribution in [0.5, 0.6) is 0 Å². The molecule has 108 valence electrons. The highest BCUT2D eigenvalue weighted by Gasteiger charge is 2.03. The average molecular weight is 352 g/mol. The van der Waals surface area contributed by atoms with Gasteiger partial charge in [-0.3, -0.25) is 4.79 Å². The number of nitrogens with one attached hydrogen (secondary N) is 1. The highest BCUT2D eigenvalue weighted by Crippen LogP contribution is 2.16. The molecule has 21 heavy (non-hydrogen) atoms. The van der Waals surface area contributed by atoms with E-state index in [1.165, 1.54) is 24.3 Å². The van der Waals surface area contributed by atoms with E-state index in [0.29, 0.717) is 11.1 Å². The topological polar surface area (TPSA) is 29.1 Å². The van der Waals surface area contributed by atoms with Gasteiger partial charge in [-0.2, -0.15) is 0 Å². The number of carbonyl (C=O) groups is 1. The maximum Gasteiger partial charge on any atom is 0.244 e. The normalized spacial score (nSPS) is 10.8. The molecule has 0 aliphatic rings. The molecule has 2 nitrogen and oxygen atoms in total. The standard InChI is InChI=1S/C16H12BrF2NO/c17-13-6-7-15(19)11(9-13)5-8-16(21)20-10-12-3-1-2-4-14(12)18/h1-9H,10H2,(H,20,21)/b8-5+. The lowest BCUT2D eigenvalue weighted by Crippen LogP contribution is -2.20. The summed E-state index contributed by atoms with van der Waals surface area (Å²) < 4.78 is 27.6. The van der Waals surface area contributed by atoms with E-state index in [2.05, 4.69) is 21.2 Å². The summed E-state index contributed by atoms with van der Waals surface area (Å²) in [5.41, 5.74) is 0.693. The smallest absolute Gasteiger partial charge is 0.244 e. The van der Waals surface area contributed by atoms with E-state index in [0.717, 1.165) is 4.47 Å². The van der Waals surface area contributed by atoms with E-state index in [9.17, 15) is 13.6 Å². The Labute approximate surface area is 129 Å². The van der Waals surface area contributed by atoms with E-state index in [1.807, 2.05) is 0 Å². The third kappa shape index (κ3) is 4.49. The molecule has 0 unspecified atom stereocenters. The van der Waals surface area contributed by atoms with Crippen LogP contribution >= 0.6 is 15.9 Å². The van der Waals surface area contributed by atoms with E-state index in [1.54, 1.807) is 30.3 Å². The molecule has 0 heterocycles. The molecule has 0 aliphatic heterocycles. The SMILES string of the molecule is O=C(/C=C/c1cc(Br)ccc1F)NCc1ccccc1F. The average Bonchev–Trinajstić information content (AvgIpc) is 2.47. The van der Waals surface area contributed by atoms with E-state index in [4.69, 9.17) is 0 Å². The summed E-state index contributed by atoms with van der Waals surface area (Å²) in [6, 6.07) is 10.6. The van der Waals surface area contributed by atoms with Crippen LogP contribution < -0.4 is 5.32 Å². The maximum absolute atomic E-state index is 13.5. The van der Waals surface area contributed by atoms with Crippen molar-refractivity contribution in [3.63, 3.8) is 0 Å². The number of halogens is 3. The van der Waals surface area contributed by atoms with Crippen molar-refractivity contribution in [3.05, 3.63) is 75.8 Å². The van der Waals surface area contributed by atoms with Gasteiger partial charge in [0, 0.05) is 28.2 Å². The van der Waals surface area contributed by atoms with Crippen LogP contribution in [0.2, 0.25) is 0 Å². The van der Waals surface area contributed by atoms with Crippen molar-refractivity contribution in [1.29, 1.82) is 0 Å². The molecule has 1 N–H and O–H groups in total. The molecule has 0 radical (unpaired) electrons. The van der Waals surface area contributed by atoms with Crippen LogP contribution in [0.25, 0.3) is 6.08 Å². The Bertz CT molecular complexity index is 686. The maximum atomic E-state index is 13.5. The number of amides is 1. The van der Waals surface area contributed by atoms with Crippen LogP contribution in [0.15, 0.2) is 53.0 Å². The lowest BCUT2D eigenvalue weighted by atomic mass is 10.2. The summed E-state index contributed by atoms with van der Waals surface area (Å²) in [6.45, 7) is 0.0802. The summed E-state index contributed by atoms with van der Waals surface area (Å²) in [6.07, 6.45) is 2.59. The molecule has 2 aromatic carbocycles. The third-order valence-electron chi connectivity index (χ3n) is 2.78. The van der Waals surface area contributed by atoms with Gasteiger partial charge in [-0.05, 0) is 30.3 Å². The Morgan fingerprint density at radius 1 is 1.14 bits per heavy atom. The van der Waals surface area contributed by atoms with Gasteiger partial charge >= 0.3 is 0 Å². The van der Waals surface area contributed by atoms with Crippen molar-refractivity contribution in [2.45, 2.75) is 6.54 Å². The Kier molecular flexibility index (Phi) is 5.22. The minimum Gasteiger partial charge on any atom is -0.348 e. The number of hydrogen-bond donors (Lipinski definition) is 1. The fraction of sp³-hybridized carbons (Fsp3) is 0.0625. The second-order valence-corrected chi connectivity index (χ2v) is 5.22. The molecule has 0 saturated carbocycles. The summed E-state index contributed by atoms with van der Waals surface area (Å²) in [4.78, 5) is 11.6. The molecule has 2 aromatic rings. The van der Waals surface area contributed by atoms with Crippen LogP contribution in [0.1, 0.15) is 11.1 Å². The summed E-state index contributed by atoms with van der Waals surface area (Å²) >= 11 is 3.23. The van der Waals surface area contributed by atoms with E-state index in [-0.39, 0.29) is 12.4 Å². The third-order valence-corrected chi connectivity index (χ3v) is 3.28. The van der Waals surface area contributed by atoms with Gasteiger partial charge in [0.05, 0.1) is 0 Å². The number of benzene rings is 2. The van der Waals surface area contributed by atoms with Crippen molar-refractivity contribution < 1.29 is 13.6 Å². The first-order valence-electron chi connectivity index (χ1n) is 6.20. The van der Waals surface area contributed by atoms with Crippen molar-refractivity contribution in [2.24, 2.45) is 0 Å². The Hall–Kier alpha value is -2.01. The van der Waals surface area contributed by atoms with Gasteiger partial charge in [0.2, 0.25) is 5.91 Å². The van der Waals surface area contributed by atoms with Crippen LogP contribution in [-0.2, 0) is 11.3 Å². The largest absolute Gasteiger partial charge is 0.348 e. The van der Waals surface area contributed by atoms with Crippen molar-refractivity contribution >= 4 is 27.9 Å². The first-order valence-corrected chi connectivity index (χ1v) is 7.00. The van der Waals surface area contributed by atoms with Gasteiger partial charge in [0.15, 0.2) is 0 Å². The summed E-state index contributed by atoms with van der Waals surface area (Å²) in [7, 11) is 0. The van der Waals surface area contributed by atoms with Crippen LogP contribution in [0.3, 0.4) is 0 Å². The number of carbonyl (C=O) groups excluding carboxylic acids is 1. The quantitative estimate of drug-likeness (QED) is 0.827. The highest BCUT2D eigenvalue weighted by atomic mass is 79.9. The van der Waals surface area contributed by atoms with Gasteiger partial charge in [0.1, 0.15) is 11.6 Å². The lowest BCUT2D eigenvalue weighted by molar-refractivity contribution is -0.116. The van der Waals surface area contributed by atoms with E-state index >= 15 is 0 Å². The number of rotatable bonds is 4. The molecule has 0 saturated heterocycles. The van der Waals surface area contributed by atoms with Crippen LogP contribution in [0, 0.1) is 11.6 Å². The minimum atomic E-state index is -0.420. The Morgan fingerprint density at radius 2 is 1.90 bits per heavy atom. The van der Waals surface area contributed by atoms with Gasteiger partial charge in [-0.15, -0.1) is 0 Å². The van der Waals surface area contributed by atoms with Crippen molar-refractivity contribution in [3.8, 4) is 0 Å². The van der Waals surface area contributed by atoms with Crippen LogP contribution in [0.4, 0.5) is 8.78 Å². The predicted octanol–water partition coefficient (Wildman–Crippen LogP) is 4.06. The molecule has 2 rings (SSSR count). The summed E-state index contributed by atoms with van der Waals surface area (Å²) in [5.74, 6) is -1.21. The molecular formula is C16H12BrF2NO. The monoisotopic (exact) mass is 351 g/mol. The van der Waals surface area contributed by atoms with E-state index < -0.39 is 11.7 Å². The van der Waals surface area contributed by atoms with Crippen molar-refractivity contribution in [2.75, 3.05) is 0 Å². The second-order valence-electron chi connectivity index (χ2n) is 4.31. The van der Waals surface area contributed by atoms with Gasteiger partial charge in [-0.1, -0.05) is 34.1 Å². The molecule has 0 aliphatic carbocycles. The lowest BCUT2D eigenvalue weighted by Gasteiger charge is -2.03.